The number of thiophene rings is 1. The number of carbonyl (C=O) groups excluding carboxylic acids is 1. The second kappa shape index (κ2) is 10.3. The summed E-state index contributed by atoms with van der Waals surface area (Å²) in [6.07, 6.45) is 4.35. The van der Waals surface area contributed by atoms with Gasteiger partial charge in [0.25, 0.3) is 5.91 Å². The van der Waals surface area contributed by atoms with Gasteiger partial charge in [-0.2, -0.15) is 0 Å². The van der Waals surface area contributed by atoms with Gasteiger partial charge in [-0.1, -0.05) is 18.7 Å². The normalized spacial score (nSPS) is 14.0. The van der Waals surface area contributed by atoms with Gasteiger partial charge in [-0.05, 0) is 24.6 Å². The zero-order valence-corrected chi connectivity index (χ0v) is 21.3. The van der Waals surface area contributed by atoms with Crippen LogP contribution in [0.1, 0.15) is 22.3 Å². The summed E-state index contributed by atoms with van der Waals surface area (Å²) in [5, 5.41) is 13.1. The van der Waals surface area contributed by atoms with Crippen molar-refractivity contribution in [2.24, 2.45) is 0 Å². The third kappa shape index (κ3) is 5.14. The van der Waals surface area contributed by atoms with Gasteiger partial charge in [0.05, 0.1) is 11.1 Å². The molecule has 35 heavy (non-hydrogen) atoms. The van der Waals surface area contributed by atoms with Crippen molar-refractivity contribution >= 4 is 62.3 Å². The molecule has 0 aliphatic carbocycles. The predicted octanol–water partition coefficient (Wildman–Crippen LogP) is 3.91. The van der Waals surface area contributed by atoms with Gasteiger partial charge < -0.3 is 14.9 Å². The fourth-order valence-corrected chi connectivity index (χ4v) is 6.18. The highest BCUT2D eigenvalue weighted by atomic mass is 32.2. The number of amides is 1. The zero-order chi connectivity index (χ0) is 24.4. The van der Waals surface area contributed by atoms with Crippen molar-refractivity contribution in [1.82, 2.24) is 24.8 Å². The Kier molecular flexibility index (Phi) is 6.93. The first kappa shape index (κ1) is 23.6. The summed E-state index contributed by atoms with van der Waals surface area (Å²) in [7, 11) is 0. The van der Waals surface area contributed by atoms with Crippen LogP contribution < -0.4 is 4.90 Å². The van der Waals surface area contributed by atoms with Gasteiger partial charge in [0.2, 0.25) is 0 Å². The van der Waals surface area contributed by atoms with Crippen LogP contribution in [-0.2, 0) is 11.2 Å². The molecule has 5 heterocycles. The smallest absolute Gasteiger partial charge is 0.313 e. The number of carboxylic acid groups (broad SMARTS) is 1. The second-order valence-corrected chi connectivity index (χ2v) is 10.8. The second-order valence-electron chi connectivity index (χ2n) is 7.86. The number of hydrogen-bond donors (Lipinski definition) is 1. The molecule has 9 nitrogen and oxygen atoms in total. The molecule has 12 heteroatoms. The standard InChI is InChI=1S/C23H22N6O3S3/c1-2-15-10-16-19(26-23(27-21(16)35-15)34-13-18(30)31)28-6-8-29(9-7-28)22(32)17-12-33-20(25-17)14-4-3-5-24-11-14/h3-5,10-12H,2,6-9,13H2,1H3,(H,30,31). The van der Waals surface area contributed by atoms with Crippen LogP contribution in [0.15, 0.2) is 41.1 Å². The molecule has 0 spiro atoms. The van der Waals surface area contributed by atoms with Crippen LogP contribution in [0.5, 0.6) is 0 Å². The largest absolute Gasteiger partial charge is 0.481 e. The van der Waals surface area contributed by atoms with Crippen LogP contribution in [0.2, 0.25) is 0 Å². The van der Waals surface area contributed by atoms with E-state index in [1.165, 1.54) is 16.2 Å². The van der Waals surface area contributed by atoms with Crippen molar-refractivity contribution in [3.63, 3.8) is 0 Å². The average Bonchev–Trinajstić information content (AvgIpc) is 3.55. The SMILES string of the molecule is CCc1cc2c(N3CCN(C(=O)c4csc(-c5cccnc5)n4)CC3)nc(SCC(=O)O)nc2s1. The minimum Gasteiger partial charge on any atom is -0.481 e. The Morgan fingerprint density at radius 2 is 2.00 bits per heavy atom. The number of fused-ring (bicyclic) bond motifs is 1. The molecular weight excluding hydrogens is 504 g/mol. The minimum atomic E-state index is -0.901. The Hall–Kier alpha value is -3.09. The van der Waals surface area contributed by atoms with Crippen LogP contribution in [0, 0.1) is 0 Å². The van der Waals surface area contributed by atoms with Gasteiger partial charge in [0.1, 0.15) is 21.3 Å². The number of carbonyl (C=O) groups is 2. The van der Waals surface area contributed by atoms with Crippen LogP contribution >= 0.6 is 34.4 Å². The van der Waals surface area contributed by atoms with Crippen molar-refractivity contribution in [3.8, 4) is 10.6 Å². The predicted molar refractivity (Wildman–Crippen MR) is 139 cm³/mol. The number of hydrogen-bond acceptors (Lipinski definition) is 10. The average molecular weight is 527 g/mol. The van der Waals surface area contributed by atoms with Gasteiger partial charge >= 0.3 is 5.97 Å². The van der Waals surface area contributed by atoms with Gasteiger partial charge in [-0.15, -0.1) is 22.7 Å². The molecular formula is C23H22N6O3S3. The van der Waals surface area contributed by atoms with Crippen molar-refractivity contribution in [2.75, 3.05) is 36.8 Å². The molecule has 4 aromatic rings. The van der Waals surface area contributed by atoms with Crippen LogP contribution in [-0.4, -0.2) is 73.8 Å². The molecule has 0 saturated carbocycles. The highest BCUT2D eigenvalue weighted by Crippen LogP contribution is 2.34. The molecule has 180 valence electrons. The summed E-state index contributed by atoms with van der Waals surface area (Å²) in [5.41, 5.74) is 1.34. The summed E-state index contributed by atoms with van der Waals surface area (Å²) >= 11 is 4.17. The van der Waals surface area contributed by atoms with Gasteiger partial charge in [0, 0.05) is 54.4 Å². The van der Waals surface area contributed by atoms with E-state index in [9.17, 15) is 9.59 Å². The summed E-state index contributed by atoms with van der Waals surface area (Å²) in [5.74, 6) is -0.265. The van der Waals surface area contributed by atoms with Crippen LogP contribution in [0.25, 0.3) is 20.8 Å². The quantitative estimate of drug-likeness (QED) is 0.283. The van der Waals surface area contributed by atoms with Gasteiger partial charge in [-0.25, -0.2) is 15.0 Å². The summed E-state index contributed by atoms with van der Waals surface area (Å²) in [6.45, 7) is 4.44. The first-order valence-electron chi connectivity index (χ1n) is 11.1. The number of nitrogens with zero attached hydrogens (tertiary/aromatic N) is 6. The summed E-state index contributed by atoms with van der Waals surface area (Å²) in [4.78, 5) is 48.1. The number of aryl methyl sites for hydroxylation is 1. The number of anilines is 1. The molecule has 0 aromatic carbocycles. The topological polar surface area (TPSA) is 112 Å². The van der Waals surface area contributed by atoms with E-state index < -0.39 is 5.97 Å². The Morgan fingerprint density at radius 1 is 1.17 bits per heavy atom. The highest BCUT2D eigenvalue weighted by Gasteiger charge is 2.26. The maximum atomic E-state index is 13.1. The molecule has 1 fully saturated rings. The molecule has 0 unspecified atom stereocenters. The lowest BCUT2D eigenvalue weighted by Crippen LogP contribution is -2.49. The van der Waals surface area contributed by atoms with Crippen LogP contribution in [0.3, 0.4) is 0 Å². The highest BCUT2D eigenvalue weighted by molar-refractivity contribution is 7.99. The van der Waals surface area contributed by atoms with E-state index in [4.69, 9.17) is 10.1 Å². The summed E-state index contributed by atoms with van der Waals surface area (Å²) in [6, 6.07) is 5.90. The summed E-state index contributed by atoms with van der Waals surface area (Å²) < 4.78 is 0. The number of pyridine rings is 1. The molecule has 1 aliphatic heterocycles. The zero-order valence-electron chi connectivity index (χ0n) is 18.9. The van der Waals surface area contributed by atoms with Crippen LogP contribution in [0.4, 0.5) is 5.82 Å². The fraction of sp³-hybridized carbons (Fsp3) is 0.304. The van der Waals surface area contributed by atoms with Gasteiger partial charge in [-0.3, -0.25) is 14.6 Å². The molecule has 0 bridgehead atoms. The van der Waals surface area contributed by atoms with Crippen molar-refractivity contribution in [1.29, 1.82) is 0 Å². The first-order valence-corrected chi connectivity index (χ1v) is 13.7. The van der Waals surface area contributed by atoms with E-state index in [0.717, 1.165) is 44.8 Å². The molecule has 1 amide bonds. The maximum absolute atomic E-state index is 13.1. The lowest BCUT2D eigenvalue weighted by molar-refractivity contribution is -0.133. The Balaban J connectivity index is 1.32. The Bertz CT molecular complexity index is 1370. The molecule has 1 aliphatic rings. The monoisotopic (exact) mass is 526 g/mol. The number of aromatic nitrogens is 4. The number of aliphatic carboxylic acids is 1. The van der Waals surface area contributed by atoms with E-state index >= 15 is 0 Å². The molecule has 1 N–H and O–H groups in total. The molecule has 5 rings (SSSR count). The molecule has 4 aromatic heterocycles. The van der Waals surface area contributed by atoms with E-state index in [1.807, 2.05) is 17.0 Å². The number of piperazine rings is 1. The van der Waals surface area contributed by atoms with Crippen molar-refractivity contribution in [2.45, 2.75) is 18.5 Å². The Morgan fingerprint density at radius 3 is 2.71 bits per heavy atom. The molecule has 0 atom stereocenters. The lowest BCUT2D eigenvalue weighted by Gasteiger charge is -2.35. The molecule has 0 radical (unpaired) electrons. The van der Waals surface area contributed by atoms with Crippen molar-refractivity contribution < 1.29 is 14.7 Å². The Labute approximate surface area is 213 Å². The minimum absolute atomic E-state index is 0.0784. The van der Waals surface area contributed by atoms with E-state index in [0.29, 0.717) is 37.0 Å². The number of thioether (sulfide) groups is 1. The first-order chi connectivity index (χ1) is 17.0. The van der Waals surface area contributed by atoms with Crippen molar-refractivity contribution in [3.05, 3.63) is 46.5 Å². The van der Waals surface area contributed by atoms with Gasteiger partial charge in [0.15, 0.2) is 5.16 Å². The van der Waals surface area contributed by atoms with E-state index in [1.54, 1.807) is 29.1 Å². The van der Waals surface area contributed by atoms with E-state index in [2.05, 4.69) is 32.8 Å². The third-order valence-electron chi connectivity index (χ3n) is 5.57. The fourth-order valence-electron chi connectivity index (χ4n) is 3.82. The molecule has 1 saturated heterocycles. The van der Waals surface area contributed by atoms with E-state index in [-0.39, 0.29) is 11.7 Å². The number of rotatable bonds is 7. The number of thiazole rings is 1. The number of carboxylic acids is 1. The third-order valence-corrected chi connectivity index (χ3v) is 8.47. The maximum Gasteiger partial charge on any atom is 0.313 e. The lowest BCUT2D eigenvalue weighted by atomic mass is 10.2.